The largest absolute Gasteiger partial charge is 0.481 e. The lowest BCUT2D eigenvalue weighted by Gasteiger charge is -2.60. The molecule has 2 unspecified atom stereocenters. The van der Waals surface area contributed by atoms with Crippen molar-refractivity contribution < 1.29 is 14.6 Å². The molecule has 4 atom stereocenters. The summed E-state index contributed by atoms with van der Waals surface area (Å²) in [6, 6.07) is 4.22. The van der Waals surface area contributed by atoms with Gasteiger partial charge in [0.2, 0.25) is 0 Å². The number of hydrogen-bond donors (Lipinski definition) is 1. The fourth-order valence-corrected chi connectivity index (χ4v) is 5.27. The maximum absolute atomic E-state index is 12.5. The van der Waals surface area contributed by atoms with E-state index in [0.717, 1.165) is 36.3 Å². The Kier molecular flexibility index (Phi) is 2.12. The third-order valence-corrected chi connectivity index (χ3v) is 6.36. The molecule has 4 heteroatoms. The van der Waals surface area contributed by atoms with E-state index in [0.29, 0.717) is 0 Å². The predicted octanol–water partition coefficient (Wildman–Crippen LogP) is 1.12. The van der Waals surface area contributed by atoms with E-state index < -0.39 is 17.1 Å². The number of hydrogen-bond acceptors (Lipinski definition) is 4. The summed E-state index contributed by atoms with van der Waals surface area (Å²) in [6.45, 7) is 2.89. The maximum atomic E-state index is 12.5. The highest BCUT2D eigenvalue weighted by Crippen LogP contribution is 2.62. The number of likely N-dealkylation sites (N-methyl/N-ethyl adjacent to an activating group) is 1. The molecule has 22 heavy (non-hydrogen) atoms. The summed E-state index contributed by atoms with van der Waals surface area (Å²) in [6.07, 6.45) is 4.25. The van der Waals surface area contributed by atoms with E-state index in [2.05, 4.69) is 24.1 Å². The standard InChI is InChI=1S/C18H19NO3/c1-10-3-4-11-9-13-18(21)6-5-12(20)16-17(18,7-8-19(13)2)14(11)15(10)22-16/h3-6,13,16,21H,7-9H2,1-2H3/t13-,16?,17+,18?/m1/s1. The second-order valence-corrected chi connectivity index (χ2v) is 7.23. The zero-order chi connectivity index (χ0) is 15.3. The first-order valence-electron chi connectivity index (χ1n) is 7.94. The van der Waals surface area contributed by atoms with Crippen molar-refractivity contribution >= 4 is 5.78 Å². The van der Waals surface area contributed by atoms with Crippen molar-refractivity contribution in [1.82, 2.24) is 4.90 Å². The van der Waals surface area contributed by atoms with Crippen LogP contribution in [0, 0.1) is 6.92 Å². The Morgan fingerprint density at radius 3 is 3.05 bits per heavy atom. The van der Waals surface area contributed by atoms with Gasteiger partial charge in [-0.1, -0.05) is 12.1 Å². The van der Waals surface area contributed by atoms with Crippen molar-refractivity contribution in [2.45, 2.75) is 42.9 Å². The molecule has 2 bridgehead atoms. The lowest BCUT2D eigenvalue weighted by atomic mass is 9.51. The van der Waals surface area contributed by atoms with Crippen LogP contribution in [-0.2, 0) is 16.6 Å². The second kappa shape index (κ2) is 3.63. The molecule has 0 amide bonds. The lowest BCUT2D eigenvalue weighted by Crippen LogP contribution is -2.74. The molecule has 2 aliphatic heterocycles. The van der Waals surface area contributed by atoms with Gasteiger partial charge >= 0.3 is 0 Å². The highest BCUT2D eigenvalue weighted by Gasteiger charge is 2.71. The van der Waals surface area contributed by atoms with Crippen LogP contribution in [0.15, 0.2) is 24.3 Å². The maximum Gasteiger partial charge on any atom is 0.196 e. The van der Waals surface area contributed by atoms with E-state index in [1.165, 1.54) is 11.6 Å². The lowest BCUT2D eigenvalue weighted by molar-refractivity contribution is -0.151. The molecule has 4 aliphatic rings. The monoisotopic (exact) mass is 297 g/mol. The van der Waals surface area contributed by atoms with Crippen LogP contribution in [0.3, 0.4) is 0 Å². The Bertz CT molecular complexity index is 755. The molecule has 0 radical (unpaired) electrons. The Labute approximate surface area is 129 Å². The normalized spacial score (nSPS) is 41.3. The second-order valence-electron chi connectivity index (χ2n) is 7.23. The van der Waals surface area contributed by atoms with Crippen LogP contribution in [0.4, 0.5) is 0 Å². The van der Waals surface area contributed by atoms with E-state index >= 15 is 0 Å². The Morgan fingerprint density at radius 1 is 1.41 bits per heavy atom. The van der Waals surface area contributed by atoms with E-state index in [9.17, 15) is 9.90 Å². The summed E-state index contributed by atoms with van der Waals surface area (Å²) < 4.78 is 6.14. The Hall–Kier alpha value is -1.65. The summed E-state index contributed by atoms with van der Waals surface area (Å²) in [5, 5.41) is 11.6. The quantitative estimate of drug-likeness (QED) is 0.780. The molecule has 5 rings (SSSR count). The van der Waals surface area contributed by atoms with E-state index in [-0.39, 0.29) is 11.8 Å². The van der Waals surface area contributed by atoms with Crippen LogP contribution in [-0.4, -0.2) is 47.1 Å². The molecule has 2 heterocycles. The first-order valence-corrected chi connectivity index (χ1v) is 7.94. The first kappa shape index (κ1) is 12.9. The summed E-state index contributed by atoms with van der Waals surface area (Å²) in [7, 11) is 2.06. The number of piperidine rings is 1. The fraction of sp³-hybridized carbons (Fsp3) is 0.500. The van der Waals surface area contributed by atoms with Crippen LogP contribution in [0.25, 0.3) is 0 Å². The minimum absolute atomic E-state index is 0.00199. The van der Waals surface area contributed by atoms with Crippen molar-refractivity contribution in [3.63, 3.8) is 0 Å². The number of ether oxygens (including phenoxy) is 1. The van der Waals surface area contributed by atoms with Gasteiger partial charge in [0.25, 0.3) is 0 Å². The van der Waals surface area contributed by atoms with Crippen LogP contribution in [0.5, 0.6) is 5.75 Å². The minimum Gasteiger partial charge on any atom is -0.481 e. The highest BCUT2D eigenvalue weighted by atomic mass is 16.5. The van der Waals surface area contributed by atoms with Crippen molar-refractivity contribution in [3.05, 3.63) is 41.0 Å². The van der Waals surface area contributed by atoms with Gasteiger partial charge in [0.1, 0.15) is 11.4 Å². The Morgan fingerprint density at radius 2 is 2.23 bits per heavy atom. The molecular formula is C18H19NO3. The SMILES string of the molecule is Cc1ccc2c3c1OC1C(=O)C=CC4(O)[C@@H](C2)N(C)CC[C@]314. The smallest absolute Gasteiger partial charge is 0.196 e. The van der Waals surface area contributed by atoms with Gasteiger partial charge in [-0.05, 0) is 56.6 Å². The molecule has 114 valence electrons. The van der Waals surface area contributed by atoms with Gasteiger partial charge in [0.15, 0.2) is 11.9 Å². The summed E-state index contributed by atoms with van der Waals surface area (Å²) in [4.78, 5) is 14.7. The van der Waals surface area contributed by atoms with Crippen molar-refractivity contribution in [3.8, 4) is 5.75 Å². The average molecular weight is 297 g/mol. The molecule has 0 aromatic heterocycles. The van der Waals surface area contributed by atoms with Crippen LogP contribution in [0.2, 0.25) is 0 Å². The molecule has 1 saturated heterocycles. The predicted molar refractivity (Wildman–Crippen MR) is 81.1 cm³/mol. The number of aliphatic hydroxyl groups is 1. The van der Waals surface area contributed by atoms with Crippen LogP contribution >= 0.6 is 0 Å². The van der Waals surface area contributed by atoms with Crippen molar-refractivity contribution in [2.75, 3.05) is 13.6 Å². The van der Waals surface area contributed by atoms with Gasteiger partial charge in [-0.15, -0.1) is 0 Å². The highest BCUT2D eigenvalue weighted by molar-refractivity contribution is 5.98. The number of carbonyl (C=O) groups excluding carboxylic acids is 1. The van der Waals surface area contributed by atoms with Crippen LogP contribution < -0.4 is 4.74 Å². The van der Waals surface area contributed by atoms with Crippen molar-refractivity contribution in [1.29, 1.82) is 0 Å². The molecule has 1 aromatic rings. The van der Waals surface area contributed by atoms with Gasteiger partial charge < -0.3 is 9.84 Å². The number of rotatable bonds is 0. The molecule has 4 nitrogen and oxygen atoms in total. The van der Waals surface area contributed by atoms with Gasteiger partial charge in [-0.2, -0.15) is 0 Å². The van der Waals surface area contributed by atoms with Gasteiger partial charge in [-0.25, -0.2) is 0 Å². The van der Waals surface area contributed by atoms with E-state index in [1.54, 1.807) is 6.08 Å². The first-order chi connectivity index (χ1) is 10.5. The summed E-state index contributed by atoms with van der Waals surface area (Å²) in [5.41, 5.74) is 1.75. The summed E-state index contributed by atoms with van der Waals surface area (Å²) >= 11 is 0. The molecule has 1 N–H and O–H groups in total. The number of likely N-dealkylation sites (tertiary alicyclic amines) is 1. The zero-order valence-electron chi connectivity index (χ0n) is 12.8. The van der Waals surface area contributed by atoms with E-state index in [1.807, 2.05) is 6.92 Å². The van der Waals surface area contributed by atoms with E-state index in [4.69, 9.17) is 4.74 Å². The topological polar surface area (TPSA) is 49.8 Å². The van der Waals surface area contributed by atoms with Gasteiger partial charge in [0.05, 0.1) is 5.41 Å². The molecule has 2 aliphatic carbocycles. The average Bonchev–Trinajstić information content (AvgIpc) is 2.85. The number of nitrogens with zero attached hydrogens (tertiary/aromatic N) is 1. The summed E-state index contributed by atoms with van der Waals surface area (Å²) in [5.74, 6) is 0.817. The zero-order valence-corrected chi connectivity index (χ0v) is 12.8. The minimum atomic E-state index is -1.02. The molecular weight excluding hydrogens is 278 g/mol. The third kappa shape index (κ3) is 1.12. The molecule has 1 fully saturated rings. The number of carbonyl (C=O) groups is 1. The molecule has 0 saturated carbocycles. The third-order valence-electron chi connectivity index (χ3n) is 6.36. The van der Waals surface area contributed by atoms with Crippen LogP contribution in [0.1, 0.15) is 23.1 Å². The van der Waals surface area contributed by atoms with Crippen molar-refractivity contribution in [2.24, 2.45) is 0 Å². The number of ketones is 1. The number of benzene rings is 1. The fourth-order valence-electron chi connectivity index (χ4n) is 5.27. The molecule has 1 aromatic carbocycles. The Balaban J connectivity index is 1.91. The van der Waals surface area contributed by atoms with Gasteiger partial charge in [-0.3, -0.25) is 9.69 Å². The van der Waals surface area contributed by atoms with Gasteiger partial charge in [0, 0.05) is 11.6 Å². The molecule has 1 spiro atoms. The number of aryl methyl sites for hydroxylation is 1.